The highest BCUT2D eigenvalue weighted by molar-refractivity contribution is 8.01. The highest BCUT2D eigenvalue weighted by Gasteiger charge is 2.18. The number of aromatic nitrogens is 2. The van der Waals surface area contributed by atoms with Crippen molar-refractivity contribution in [3.8, 4) is 0 Å². The van der Waals surface area contributed by atoms with Crippen LogP contribution in [-0.4, -0.2) is 46.9 Å². The molecule has 2 aromatic rings. The molecule has 1 aromatic heterocycles. The van der Waals surface area contributed by atoms with Gasteiger partial charge < -0.3 is 10.2 Å². The molecule has 0 aliphatic carbocycles. The fraction of sp³-hybridized carbons (Fsp3) is 0.312. The summed E-state index contributed by atoms with van der Waals surface area (Å²) >= 11 is 2.91. The van der Waals surface area contributed by atoms with Crippen molar-refractivity contribution in [2.75, 3.05) is 31.2 Å². The van der Waals surface area contributed by atoms with E-state index in [-0.39, 0.29) is 5.91 Å². The van der Waals surface area contributed by atoms with Crippen molar-refractivity contribution < 1.29 is 4.79 Å². The van der Waals surface area contributed by atoms with Crippen LogP contribution in [-0.2, 0) is 4.79 Å². The maximum Gasteiger partial charge on any atom is 0.233 e. The SMILES string of the molecule is CNc1nnc(SCC(=O)N2CC=C(c3ccccc3)CC2)s1. The molecule has 0 saturated heterocycles. The Balaban J connectivity index is 1.52. The minimum atomic E-state index is 0.152. The zero-order valence-electron chi connectivity index (χ0n) is 12.9. The zero-order chi connectivity index (χ0) is 16.1. The first-order valence-electron chi connectivity index (χ1n) is 7.42. The summed E-state index contributed by atoms with van der Waals surface area (Å²) < 4.78 is 0.820. The van der Waals surface area contributed by atoms with Crippen LogP contribution in [0.4, 0.5) is 5.13 Å². The van der Waals surface area contributed by atoms with Crippen LogP contribution in [0.25, 0.3) is 5.57 Å². The highest BCUT2D eigenvalue weighted by Crippen LogP contribution is 2.26. The average molecular weight is 346 g/mol. The van der Waals surface area contributed by atoms with Crippen molar-refractivity contribution in [3.63, 3.8) is 0 Å². The van der Waals surface area contributed by atoms with Crippen LogP contribution in [0.3, 0.4) is 0 Å². The molecule has 0 radical (unpaired) electrons. The summed E-state index contributed by atoms with van der Waals surface area (Å²) in [4.78, 5) is 14.2. The second-order valence-electron chi connectivity index (χ2n) is 5.10. The van der Waals surface area contributed by atoms with Gasteiger partial charge in [-0.15, -0.1) is 10.2 Å². The van der Waals surface area contributed by atoms with Crippen molar-refractivity contribution >= 4 is 39.7 Å². The number of rotatable bonds is 5. The van der Waals surface area contributed by atoms with Gasteiger partial charge in [0.2, 0.25) is 11.0 Å². The molecule has 2 heterocycles. The molecule has 1 amide bonds. The molecule has 1 aliphatic rings. The minimum Gasteiger partial charge on any atom is -0.363 e. The first kappa shape index (κ1) is 16.0. The Hall–Kier alpha value is -1.86. The summed E-state index contributed by atoms with van der Waals surface area (Å²) in [6, 6.07) is 10.4. The van der Waals surface area contributed by atoms with Crippen molar-refractivity contribution in [2.45, 2.75) is 10.8 Å². The molecule has 1 aliphatic heterocycles. The third-order valence-corrected chi connectivity index (χ3v) is 5.70. The Morgan fingerprint density at radius 3 is 2.83 bits per heavy atom. The normalized spacial score (nSPS) is 14.5. The number of hydrogen-bond acceptors (Lipinski definition) is 6. The smallest absolute Gasteiger partial charge is 0.233 e. The number of amides is 1. The second-order valence-corrected chi connectivity index (χ2v) is 7.30. The van der Waals surface area contributed by atoms with E-state index >= 15 is 0 Å². The van der Waals surface area contributed by atoms with Gasteiger partial charge >= 0.3 is 0 Å². The molecule has 0 bridgehead atoms. The Bertz CT molecular complexity index is 699. The number of nitrogens with zero attached hydrogens (tertiary/aromatic N) is 3. The largest absolute Gasteiger partial charge is 0.363 e. The van der Waals surface area contributed by atoms with E-state index in [0.717, 1.165) is 22.4 Å². The van der Waals surface area contributed by atoms with Crippen molar-refractivity contribution in [2.24, 2.45) is 0 Å². The predicted octanol–water partition coefficient (Wildman–Crippen LogP) is 2.99. The number of hydrogen-bond donors (Lipinski definition) is 1. The van der Waals surface area contributed by atoms with E-state index in [2.05, 4.69) is 33.7 Å². The van der Waals surface area contributed by atoms with E-state index in [1.165, 1.54) is 34.2 Å². The molecular formula is C16H18N4OS2. The highest BCUT2D eigenvalue weighted by atomic mass is 32.2. The molecule has 3 rings (SSSR count). The molecule has 0 unspecified atom stereocenters. The van der Waals surface area contributed by atoms with Gasteiger partial charge in [-0.1, -0.05) is 59.5 Å². The Labute approximate surface area is 143 Å². The summed E-state index contributed by atoms with van der Waals surface area (Å²) in [5.41, 5.74) is 2.58. The fourth-order valence-electron chi connectivity index (χ4n) is 2.39. The van der Waals surface area contributed by atoms with Crippen LogP contribution < -0.4 is 5.32 Å². The summed E-state index contributed by atoms with van der Waals surface area (Å²) in [7, 11) is 1.81. The first-order chi connectivity index (χ1) is 11.3. The van der Waals surface area contributed by atoms with E-state index in [1.54, 1.807) is 0 Å². The monoisotopic (exact) mass is 346 g/mol. The van der Waals surface area contributed by atoms with Crippen LogP contribution >= 0.6 is 23.1 Å². The number of thioether (sulfide) groups is 1. The van der Waals surface area contributed by atoms with Gasteiger partial charge in [-0.2, -0.15) is 0 Å². The van der Waals surface area contributed by atoms with E-state index in [1.807, 2.05) is 30.1 Å². The van der Waals surface area contributed by atoms with Crippen LogP contribution in [0.15, 0.2) is 40.7 Å². The molecular weight excluding hydrogens is 328 g/mol. The van der Waals surface area contributed by atoms with E-state index < -0.39 is 0 Å². The van der Waals surface area contributed by atoms with Gasteiger partial charge in [0.1, 0.15) is 0 Å². The van der Waals surface area contributed by atoms with Gasteiger partial charge in [-0.25, -0.2) is 0 Å². The molecule has 23 heavy (non-hydrogen) atoms. The van der Waals surface area contributed by atoms with Crippen LogP contribution in [0.1, 0.15) is 12.0 Å². The molecule has 120 valence electrons. The van der Waals surface area contributed by atoms with Crippen LogP contribution in [0.5, 0.6) is 0 Å². The summed E-state index contributed by atoms with van der Waals surface area (Å²) in [5.74, 6) is 0.562. The molecule has 7 heteroatoms. The maximum atomic E-state index is 12.3. The minimum absolute atomic E-state index is 0.152. The topological polar surface area (TPSA) is 58.1 Å². The molecule has 0 fully saturated rings. The fourth-order valence-corrected chi connectivity index (χ4v) is 4.00. The number of anilines is 1. The Morgan fingerprint density at radius 1 is 1.35 bits per heavy atom. The van der Waals surface area contributed by atoms with Gasteiger partial charge in [-0.3, -0.25) is 4.79 Å². The first-order valence-corrected chi connectivity index (χ1v) is 9.23. The third kappa shape index (κ3) is 4.11. The molecule has 0 spiro atoms. The number of nitrogens with one attached hydrogen (secondary N) is 1. The maximum absolute atomic E-state index is 12.3. The lowest BCUT2D eigenvalue weighted by Gasteiger charge is -2.26. The quantitative estimate of drug-likeness (QED) is 0.844. The van der Waals surface area contributed by atoms with E-state index in [0.29, 0.717) is 12.3 Å². The van der Waals surface area contributed by atoms with Crippen LogP contribution in [0, 0.1) is 0 Å². The molecule has 5 nitrogen and oxygen atoms in total. The van der Waals surface area contributed by atoms with E-state index in [4.69, 9.17) is 0 Å². The standard InChI is InChI=1S/C16H18N4OS2/c1-17-15-18-19-16(23-15)22-11-14(21)20-9-7-13(8-10-20)12-5-3-2-4-6-12/h2-7H,8-11H2,1H3,(H,17,18). The summed E-state index contributed by atoms with van der Waals surface area (Å²) in [6.45, 7) is 1.46. The molecule has 0 saturated carbocycles. The van der Waals surface area contributed by atoms with Gasteiger partial charge in [0, 0.05) is 20.1 Å². The molecule has 0 atom stereocenters. The lowest BCUT2D eigenvalue weighted by atomic mass is 10.00. The lowest BCUT2D eigenvalue weighted by molar-refractivity contribution is -0.127. The van der Waals surface area contributed by atoms with Crippen molar-refractivity contribution in [1.29, 1.82) is 0 Å². The molecule has 1 aromatic carbocycles. The van der Waals surface area contributed by atoms with E-state index in [9.17, 15) is 4.79 Å². The number of carbonyl (C=O) groups is 1. The predicted molar refractivity (Wildman–Crippen MR) is 95.8 cm³/mol. The van der Waals surface area contributed by atoms with Gasteiger partial charge in [0.25, 0.3) is 0 Å². The van der Waals surface area contributed by atoms with Crippen molar-refractivity contribution in [1.82, 2.24) is 15.1 Å². The van der Waals surface area contributed by atoms with Gasteiger partial charge in [0.05, 0.1) is 5.75 Å². The number of benzene rings is 1. The van der Waals surface area contributed by atoms with Gasteiger partial charge in [0.15, 0.2) is 4.34 Å². The summed E-state index contributed by atoms with van der Waals surface area (Å²) in [6.07, 6.45) is 3.06. The number of carbonyl (C=O) groups excluding carboxylic acids is 1. The van der Waals surface area contributed by atoms with Gasteiger partial charge in [-0.05, 0) is 17.6 Å². The summed E-state index contributed by atoms with van der Waals surface area (Å²) in [5, 5.41) is 11.7. The third-order valence-electron chi connectivity index (χ3n) is 3.65. The Morgan fingerprint density at radius 2 is 2.17 bits per heavy atom. The second kappa shape index (κ2) is 7.61. The molecule has 1 N–H and O–H groups in total. The van der Waals surface area contributed by atoms with Crippen molar-refractivity contribution in [3.05, 3.63) is 42.0 Å². The zero-order valence-corrected chi connectivity index (χ0v) is 14.5. The lowest BCUT2D eigenvalue weighted by Crippen LogP contribution is -2.35. The average Bonchev–Trinajstić information content (AvgIpc) is 3.09. The van der Waals surface area contributed by atoms with Crippen LogP contribution in [0.2, 0.25) is 0 Å². The Kier molecular flexibility index (Phi) is 5.30.